The number of amides is 1. The summed E-state index contributed by atoms with van der Waals surface area (Å²) in [4.78, 5) is 28.0. The molecule has 1 aliphatic rings. The summed E-state index contributed by atoms with van der Waals surface area (Å²) in [6.07, 6.45) is 4.72. The Morgan fingerprint density at radius 3 is 2.73 bits per heavy atom. The molecular weight excluding hydrogens is 382 g/mol. The molecule has 1 aromatic carbocycles. The molecule has 1 aliphatic heterocycles. The molecule has 150 valence electrons. The van der Waals surface area contributed by atoms with E-state index in [9.17, 15) is 4.79 Å². The van der Waals surface area contributed by atoms with Gasteiger partial charge in [0.25, 0.3) is 0 Å². The van der Waals surface area contributed by atoms with E-state index in [0.717, 1.165) is 11.1 Å². The monoisotopic (exact) mass is 401 g/mol. The van der Waals surface area contributed by atoms with Crippen molar-refractivity contribution in [2.45, 2.75) is 0 Å². The highest BCUT2D eigenvalue weighted by atomic mass is 16.5. The zero-order chi connectivity index (χ0) is 20.3. The van der Waals surface area contributed by atoms with Crippen molar-refractivity contribution < 1.29 is 13.9 Å². The first-order valence-electron chi connectivity index (χ1n) is 9.70. The molecule has 8 heteroatoms. The van der Waals surface area contributed by atoms with Gasteiger partial charge in [0, 0.05) is 31.0 Å². The van der Waals surface area contributed by atoms with Crippen molar-refractivity contribution in [3.8, 4) is 0 Å². The molecule has 4 aromatic rings. The number of ether oxygens (including phenoxy) is 1. The molecule has 5 rings (SSSR count). The third-order valence-electron chi connectivity index (χ3n) is 4.83. The quantitative estimate of drug-likeness (QED) is 0.525. The van der Waals surface area contributed by atoms with Crippen LogP contribution in [0.15, 0.2) is 59.2 Å². The summed E-state index contributed by atoms with van der Waals surface area (Å²) >= 11 is 0. The van der Waals surface area contributed by atoms with Gasteiger partial charge in [-0.15, -0.1) is 0 Å². The van der Waals surface area contributed by atoms with E-state index in [0.29, 0.717) is 54.8 Å². The van der Waals surface area contributed by atoms with Crippen molar-refractivity contribution >= 4 is 45.7 Å². The first-order valence-corrected chi connectivity index (χ1v) is 9.70. The second-order valence-electron chi connectivity index (χ2n) is 6.83. The highest BCUT2D eigenvalue weighted by Gasteiger charge is 2.21. The lowest BCUT2D eigenvalue weighted by Crippen LogP contribution is -2.37. The largest absolute Gasteiger partial charge is 0.432 e. The Morgan fingerprint density at radius 2 is 1.90 bits per heavy atom. The fraction of sp³-hybridized carbons (Fsp3) is 0.182. The van der Waals surface area contributed by atoms with Crippen LogP contribution in [0.25, 0.3) is 28.3 Å². The van der Waals surface area contributed by atoms with Crippen molar-refractivity contribution in [3.63, 3.8) is 0 Å². The predicted molar refractivity (Wildman–Crippen MR) is 114 cm³/mol. The number of benzene rings is 1. The van der Waals surface area contributed by atoms with Gasteiger partial charge in [-0.2, -0.15) is 0 Å². The number of carbonyl (C=O) groups is 1. The van der Waals surface area contributed by atoms with E-state index in [-0.39, 0.29) is 5.91 Å². The van der Waals surface area contributed by atoms with Gasteiger partial charge in [-0.25, -0.2) is 15.0 Å². The molecule has 4 heterocycles. The SMILES string of the molecule is O=C(C=Cc1nc(N2CCOCC2)c2oc3ncccc3c2n1)Nc1ccccc1. The zero-order valence-corrected chi connectivity index (χ0v) is 16.1. The maximum Gasteiger partial charge on any atom is 0.248 e. The number of fused-ring (bicyclic) bond motifs is 3. The zero-order valence-electron chi connectivity index (χ0n) is 16.1. The molecule has 0 aliphatic carbocycles. The van der Waals surface area contributed by atoms with Gasteiger partial charge in [0.15, 0.2) is 17.2 Å². The summed E-state index contributed by atoms with van der Waals surface area (Å²) in [7, 11) is 0. The van der Waals surface area contributed by atoms with Crippen LogP contribution in [0.2, 0.25) is 0 Å². The van der Waals surface area contributed by atoms with Gasteiger partial charge in [0.2, 0.25) is 11.6 Å². The number of rotatable bonds is 4. The Balaban J connectivity index is 1.52. The number of nitrogens with zero attached hydrogens (tertiary/aromatic N) is 4. The van der Waals surface area contributed by atoms with Gasteiger partial charge >= 0.3 is 0 Å². The lowest BCUT2D eigenvalue weighted by Gasteiger charge is -2.27. The van der Waals surface area contributed by atoms with Crippen molar-refractivity contribution in [2.24, 2.45) is 0 Å². The maximum absolute atomic E-state index is 12.3. The van der Waals surface area contributed by atoms with E-state index in [1.807, 2.05) is 42.5 Å². The number of pyridine rings is 1. The third kappa shape index (κ3) is 3.60. The first kappa shape index (κ1) is 18.3. The van der Waals surface area contributed by atoms with Crippen LogP contribution >= 0.6 is 0 Å². The molecule has 0 bridgehead atoms. The highest BCUT2D eigenvalue weighted by molar-refractivity contribution is 6.05. The fourth-order valence-corrected chi connectivity index (χ4v) is 3.40. The van der Waals surface area contributed by atoms with Crippen LogP contribution in [0.5, 0.6) is 0 Å². The highest BCUT2D eigenvalue weighted by Crippen LogP contribution is 2.32. The molecule has 0 atom stereocenters. The number of anilines is 2. The van der Waals surface area contributed by atoms with E-state index < -0.39 is 0 Å². The molecule has 1 amide bonds. The van der Waals surface area contributed by atoms with Crippen LogP contribution in [-0.2, 0) is 9.53 Å². The molecule has 1 N–H and O–H groups in total. The predicted octanol–water partition coefficient (Wildman–Crippen LogP) is 3.26. The Kier molecular flexibility index (Phi) is 4.82. The Hall–Kier alpha value is -3.78. The molecule has 3 aromatic heterocycles. The van der Waals surface area contributed by atoms with E-state index in [2.05, 4.69) is 25.2 Å². The standard InChI is InChI=1S/C22H19N5O3/c28-18(24-15-5-2-1-3-6-15)9-8-17-25-19-16-7-4-10-23-22(16)30-20(19)21(26-17)27-11-13-29-14-12-27/h1-10H,11-14H2,(H,24,28). The molecule has 30 heavy (non-hydrogen) atoms. The number of aromatic nitrogens is 3. The molecule has 8 nitrogen and oxygen atoms in total. The topological polar surface area (TPSA) is 93.4 Å². The smallest absolute Gasteiger partial charge is 0.248 e. The van der Waals surface area contributed by atoms with E-state index in [4.69, 9.17) is 9.15 Å². The van der Waals surface area contributed by atoms with Gasteiger partial charge in [-0.3, -0.25) is 4.79 Å². The van der Waals surface area contributed by atoms with Crippen LogP contribution in [0.3, 0.4) is 0 Å². The summed E-state index contributed by atoms with van der Waals surface area (Å²) in [6, 6.07) is 13.0. The summed E-state index contributed by atoms with van der Waals surface area (Å²) in [5.74, 6) is 0.861. The van der Waals surface area contributed by atoms with Crippen molar-refractivity contribution in [1.82, 2.24) is 15.0 Å². The van der Waals surface area contributed by atoms with Crippen LogP contribution in [-0.4, -0.2) is 47.2 Å². The molecule has 0 spiro atoms. The van der Waals surface area contributed by atoms with Crippen LogP contribution in [0, 0.1) is 0 Å². The fourth-order valence-electron chi connectivity index (χ4n) is 3.40. The van der Waals surface area contributed by atoms with Crippen molar-refractivity contribution in [3.05, 3.63) is 60.6 Å². The second kappa shape index (κ2) is 7.92. The average Bonchev–Trinajstić information content (AvgIpc) is 3.17. The van der Waals surface area contributed by atoms with Gasteiger partial charge in [-0.05, 0) is 30.3 Å². The Bertz CT molecular complexity index is 1230. The normalized spacial score (nSPS) is 14.6. The van der Waals surface area contributed by atoms with Crippen LogP contribution in [0.4, 0.5) is 11.5 Å². The number of hydrogen-bond donors (Lipinski definition) is 1. The van der Waals surface area contributed by atoms with Gasteiger partial charge < -0.3 is 19.4 Å². The van der Waals surface area contributed by atoms with Crippen LogP contribution in [0.1, 0.15) is 5.82 Å². The molecule has 0 unspecified atom stereocenters. The Labute approximate surface area is 172 Å². The summed E-state index contributed by atoms with van der Waals surface area (Å²) in [6.45, 7) is 2.64. The summed E-state index contributed by atoms with van der Waals surface area (Å²) in [5.41, 5.74) is 2.51. The third-order valence-corrected chi connectivity index (χ3v) is 4.83. The maximum atomic E-state index is 12.3. The van der Waals surface area contributed by atoms with Crippen molar-refractivity contribution in [2.75, 3.05) is 36.5 Å². The van der Waals surface area contributed by atoms with Crippen molar-refractivity contribution in [1.29, 1.82) is 0 Å². The number of hydrogen-bond acceptors (Lipinski definition) is 7. The number of morpholine rings is 1. The second-order valence-corrected chi connectivity index (χ2v) is 6.83. The minimum Gasteiger partial charge on any atom is -0.432 e. The number of furan rings is 1. The summed E-state index contributed by atoms with van der Waals surface area (Å²) < 4.78 is 11.4. The number of nitrogens with one attached hydrogen (secondary N) is 1. The molecular formula is C22H19N5O3. The van der Waals surface area contributed by atoms with Crippen LogP contribution < -0.4 is 10.2 Å². The minimum atomic E-state index is -0.253. The van der Waals surface area contributed by atoms with Gasteiger partial charge in [0.1, 0.15) is 5.52 Å². The van der Waals surface area contributed by atoms with E-state index >= 15 is 0 Å². The molecule has 0 radical (unpaired) electrons. The van der Waals surface area contributed by atoms with Gasteiger partial charge in [0.05, 0.1) is 18.6 Å². The van der Waals surface area contributed by atoms with Gasteiger partial charge in [-0.1, -0.05) is 18.2 Å². The number of carbonyl (C=O) groups excluding carboxylic acids is 1. The number of para-hydroxylation sites is 1. The first-order chi connectivity index (χ1) is 14.8. The van der Waals surface area contributed by atoms with E-state index in [1.54, 1.807) is 12.3 Å². The summed E-state index contributed by atoms with van der Waals surface area (Å²) in [5, 5.41) is 3.63. The van der Waals surface area contributed by atoms with E-state index in [1.165, 1.54) is 6.08 Å². The molecule has 1 fully saturated rings. The lowest BCUT2D eigenvalue weighted by molar-refractivity contribution is -0.111. The minimum absolute atomic E-state index is 0.253. The molecule has 1 saturated heterocycles. The average molecular weight is 401 g/mol. The molecule has 0 saturated carbocycles. The lowest BCUT2D eigenvalue weighted by atomic mass is 10.2. The Morgan fingerprint density at radius 1 is 1.07 bits per heavy atom.